The standard InChI is InChI=1S/C24H22N2O3/c1-17(18-11-5-2-6-12-18)29-24(28)26-22(20-15-9-4-10-16-20)21(23(27)25-26)19-13-7-3-8-14-19/h2-17,21-22H,1H3,(H,25,27)/t17-,21+,22+/m1/s1. The number of benzene rings is 3. The van der Waals surface area contributed by atoms with E-state index in [9.17, 15) is 9.59 Å². The predicted molar refractivity (Wildman–Crippen MR) is 110 cm³/mol. The van der Waals surface area contributed by atoms with Crippen LogP contribution in [0.3, 0.4) is 0 Å². The zero-order chi connectivity index (χ0) is 20.2. The number of rotatable bonds is 4. The van der Waals surface area contributed by atoms with Crippen LogP contribution in [0, 0.1) is 0 Å². The van der Waals surface area contributed by atoms with E-state index >= 15 is 0 Å². The smallest absolute Gasteiger partial charge is 0.429 e. The molecule has 0 aliphatic carbocycles. The van der Waals surface area contributed by atoms with Gasteiger partial charge in [-0.3, -0.25) is 10.2 Å². The van der Waals surface area contributed by atoms with Crippen molar-refractivity contribution >= 4 is 12.0 Å². The lowest BCUT2D eigenvalue weighted by atomic mass is 9.88. The van der Waals surface area contributed by atoms with Crippen molar-refractivity contribution in [1.29, 1.82) is 0 Å². The van der Waals surface area contributed by atoms with E-state index in [-0.39, 0.29) is 5.91 Å². The number of nitrogens with zero attached hydrogens (tertiary/aromatic N) is 1. The molecule has 29 heavy (non-hydrogen) atoms. The summed E-state index contributed by atoms with van der Waals surface area (Å²) >= 11 is 0. The molecule has 1 saturated heterocycles. The molecule has 0 saturated carbocycles. The topological polar surface area (TPSA) is 58.6 Å². The Bertz CT molecular complexity index is 977. The number of amides is 2. The third-order valence-electron chi connectivity index (χ3n) is 5.15. The molecule has 1 fully saturated rings. The summed E-state index contributed by atoms with van der Waals surface area (Å²) in [7, 11) is 0. The summed E-state index contributed by atoms with van der Waals surface area (Å²) < 4.78 is 5.68. The van der Waals surface area contributed by atoms with Crippen molar-refractivity contribution in [1.82, 2.24) is 10.4 Å². The first-order chi connectivity index (χ1) is 14.1. The minimum atomic E-state index is -0.581. The molecule has 5 heteroatoms. The number of hydrogen-bond donors (Lipinski definition) is 1. The molecule has 3 aromatic rings. The Kier molecular flexibility index (Phi) is 5.29. The summed E-state index contributed by atoms with van der Waals surface area (Å²) in [5.74, 6) is -0.743. The molecule has 1 aliphatic rings. The Morgan fingerprint density at radius 3 is 1.97 bits per heavy atom. The predicted octanol–water partition coefficient (Wildman–Crippen LogP) is 4.76. The average Bonchev–Trinajstić information content (AvgIpc) is 3.13. The van der Waals surface area contributed by atoms with Gasteiger partial charge in [-0.05, 0) is 23.6 Å². The normalized spacial score (nSPS) is 19.5. The molecule has 0 bridgehead atoms. The largest absolute Gasteiger partial charge is 0.440 e. The number of hydrogen-bond acceptors (Lipinski definition) is 3. The number of ether oxygens (including phenoxy) is 1. The van der Waals surface area contributed by atoms with Gasteiger partial charge < -0.3 is 4.74 Å². The van der Waals surface area contributed by atoms with Crippen LogP contribution in [-0.2, 0) is 9.53 Å². The van der Waals surface area contributed by atoms with E-state index in [0.29, 0.717) is 0 Å². The van der Waals surface area contributed by atoms with Gasteiger partial charge in [0, 0.05) is 0 Å². The van der Waals surface area contributed by atoms with Gasteiger partial charge in [-0.25, -0.2) is 9.80 Å². The Hall–Kier alpha value is -3.60. The van der Waals surface area contributed by atoms with E-state index in [0.717, 1.165) is 16.7 Å². The summed E-state index contributed by atoms with van der Waals surface area (Å²) in [6, 6.07) is 28.1. The molecule has 146 valence electrons. The quantitative estimate of drug-likeness (QED) is 0.704. The Morgan fingerprint density at radius 1 is 0.862 bits per heavy atom. The van der Waals surface area contributed by atoms with Crippen LogP contribution in [0.15, 0.2) is 91.0 Å². The van der Waals surface area contributed by atoms with Gasteiger partial charge in [-0.1, -0.05) is 91.0 Å². The maximum absolute atomic E-state index is 13.0. The van der Waals surface area contributed by atoms with E-state index in [1.165, 1.54) is 5.01 Å². The van der Waals surface area contributed by atoms with Crippen molar-refractivity contribution in [2.45, 2.75) is 25.0 Å². The van der Waals surface area contributed by atoms with Crippen LogP contribution in [0.1, 0.15) is 41.7 Å². The van der Waals surface area contributed by atoms with Crippen LogP contribution in [0.5, 0.6) is 0 Å². The molecule has 4 rings (SSSR count). The number of carbonyl (C=O) groups is 2. The highest BCUT2D eigenvalue weighted by molar-refractivity contribution is 5.90. The SMILES string of the molecule is C[C@@H](OC(=O)N1NC(=O)[C@@H](c2ccccc2)[C@@H]1c1ccccc1)c1ccccc1. The first-order valence-electron chi connectivity index (χ1n) is 9.60. The van der Waals surface area contributed by atoms with Gasteiger partial charge >= 0.3 is 6.09 Å². The first-order valence-corrected chi connectivity index (χ1v) is 9.60. The number of carbonyl (C=O) groups excluding carboxylic acids is 2. The molecule has 3 atom stereocenters. The summed E-state index contributed by atoms with van der Waals surface area (Å²) in [4.78, 5) is 25.9. The molecule has 1 N–H and O–H groups in total. The van der Waals surface area contributed by atoms with Crippen molar-refractivity contribution in [3.05, 3.63) is 108 Å². The fraction of sp³-hybridized carbons (Fsp3) is 0.167. The van der Waals surface area contributed by atoms with E-state index in [4.69, 9.17) is 4.74 Å². The molecule has 5 nitrogen and oxygen atoms in total. The van der Waals surface area contributed by atoms with Crippen LogP contribution >= 0.6 is 0 Å². The maximum Gasteiger partial charge on any atom is 0.429 e. The van der Waals surface area contributed by atoms with Gasteiger partial charge in [0.1, 0.15) is 6.10 Å². The monoisotopic (exact) mass is 386 g/mol. The Labute approximate surface area is 169 Å². The van der Waals surface area contributed by atoms with Gasteiger partial charge in [0.25, 0.3) is 0 Å². The molecule has 1 aliphatic heterocycles. The van der Waals surface area contributed by atoms with Gasteiger partial charge in [0.15, 0.2) is 0 Å². The molecule has 0 radical (unpaired) electrons. The minimum absolute atomic E-state index is 0.227. The summed E-state index contributed by atoms with van der Waals surface area (Å²) in [5, 5.41) is 1.31. The summed E-state index contributed by atoms with van der Waals surface area (Å²) in [6.07, 6.45) is -1.02. The molecular weight excluding hydrogens is 364 g/mol. The second kappa shape index (κ2) is 8.19. The molecule has 0 aromatic heterocycles. The zero-order valence-electron chi connectivity index (χ0n) is 16.1. The van der Waals surface area contributed by atoms with Gasteiger partial charge in [0.05, 0.1) is 12.0 Å². The third kappa shape index (κ3) is 3.85. The second-order valence-corrected chi connectivity index (χ2v) is 7.03. The molecule has 3 aromatic carbocycles. The van der Waals surface area contributed by atoms with Crippen LogP contribution in [-0.4, -0.2) is 17.0 Å². The van der Waals surface area contributed by atoms with Crippen molar-refractivity contribution in [2.75, 3.05) is 0 Å². The van der Waals surface area contributed by atoms with Crippen molar-refractivity contribution < 1.29 is 14.3 Å². The summed E-state index contributed by atoms with van der Waals surface area (Å²) in [6.45, 7) is 1.82. The van der Waals surface area contributed by atoms with Gasteiger partial charge in [0.2, 0.25) is 5.91 Å². The fourth-order valence-electron chi connectivity index (χ4n) is 3.70. The van der Waals surface area contributed by atoms with Crippen molar-refractivity contribution in [3.8, 4) is 0 Å². The van der Waals surface area contributed by atoms with Crippen molar-refractivity contribution in [2.24, 2.45) is 0 Å². The Morgan fingerprint density at radius 2 is 1.38 bits per heavy atom. The molecule has 0 unspecified atom stereocenters. The zero-order valence-corrected chi connectivity index (χ0v) is 16.1. The minimum Gasteiger partial charge on any atom is -0.440 e. The lowest BCUT2D eigenvalue weighted by Crippen LogP contribution is -2.40. The highest BCUT2D eigenvalue weighted by Gasteiger charge is 2.46. The van der Waals surface area contributed by atoms with Crippen LogP contribution in [0.25, 0.3) is 0 Å². The number of nitrogens with one attached hydrogen (secondary N) is 1. The molecule has 1 heterocycles. The lowest BCUT2D eigenvalue weighted by molar-refractivity contribution is -0.122. The summed E-state index contributed by atoms with van der Waals surface area (Å²) in [5.41, 5.74) is 5.34. The third-order valence-corrected chi connectivity index (χ3v) is 5.15. The average molecular weight is 386 g/mol. The first kappa shape index (κ1) is 18.7. The van der Waals surface area contributed by atoms with E-state index in [1.807, 2.05) is 97.9 Å². The number of hydrazine groups is 1. The Balaban J connectivity index is 1.64. The van der Waals surface area contributed by atoms with E-state index < -0.39 is 24.2 Å². The lowest BCUT2D eigenvalue weighted by Gasteiger charge is -2.27. The van der Waals surface area contributed by atoms with Crippen LogP contribution in [0.2, 0.25) is 0 Å². The van der Waals surface area contributed by atoms with Crippen molar-refractivity contribution in [3.63, 3.8) is 0 Å². The van der Waals surface area contributed by atoms with Crippen LogP contribution in [0.4, 0.5) is 4.79 Å². The fourth-order valence-corrected chi connectivity index (χ4v) is 3.70. The van der Waals surface area contributed by atoms with Gasteiger partial charge in [-0.15, -0.1) is 0 Å². The van der Waals surface area contributed by atoms with Gasteiger partial charge in [-0.2, -0.15) is 0 Å². The van der Waals surface area contributed by atoms with Crippen LogP contribution < -0.4 is 5.43 Å². The van der Waals surface area contributed by atoms with E-state index in [1.54, 1.807) is 0 Å². The highest BCUT2D eigenvalue weighted by atomic mass is 16.6. The maximum atomic E-state index is 13.0. The molecule has 2 amide bonds. The highest BCUT2D eigenvalue weighted by Crippen LogP contribution is 2.40. The van der Waals surface area contributed by atoms with E-state index in [2.05, 4.69) is 5.43 Å². The molecular formula is C24H22N2O3. The second-order valence-electron chi connectivity index (χ2n) is 7.03. The molecule has 0 spiro atoms.